The predicted octanol–water partition coefficient (Wildman–Crippen LogP) is 5.00. The van der Waals surface area contributed by atoms with Crippen LogP contribution in [0.4, 0.5) is 0 Å². The van der Waals surface area contributed by atoms with Gasteiger partial charge in [0.2, 0.25) is 0 Å². The van der Waals surface area contributed by atoms with E-state index in [1.165, 1.54) is 5.56 Å². The Bertz CT molecular complexity index is 1220. The molecule has 0 saturated carbocycles. The summed E-state index contributed by atoms with van der Waals surface area (Å²) in [7, 11) is 0. The van der Waals surface area contributed by atoms with Gasteiger partial charge in [0.25, 0.3) is 5.91 Å². The lowest BCUT2D eigenvalue weighted by Gasteiger charge is -2.18. The van der Waals surface area contributed by atoms with Crippen LogP contribution in [-0.4, -0.2) is 26.9 Å². The summed E-state index contributed by atoms with van der Waals surface area (Å²) >= 11 is 0. The highest BCUT2D eigenvalue weighted by atomic mass is 16.2. The van der Waals surface area contributed by atoms with Crippen molar-refractivity contribution in [3.63, 3.8) is 0 Å². The average molecular weight is 424 g/mol. The van der Waals surface area contributed by atoms with Gasteiger partial charge in [0.1, 0.15) is 5.69 Å². The van der Waals surface area contributed by atoms with Crippen molar-refractivity contribution in [3.05, 3.63) is 102 Å². The van der Waals surface area contributed by atoms with Crippen LogP contribution in [0.2, 0.25) is 0 Å². The molecule has 0 aliphatic carbocycles. The maximum atomic E-state index is 12.5. The molecule has 2 heterocycles. The second-order valence-electron chi connectivity index (χ2n) is 8.48. The molecule has 0 fully saturated rings. The van der Waals surface area contributed by atoms with Crippen LogP contribution < -0.4 is 5.43 Å². The summed E-state index contributed by atoms with van der Waals surface area (Å²) in [4.78, 5) is 16.7. The summed E-state index contributed by atoms with van der Waals surface area (Å²) in [5, 5.41) is 8.90. The van der Waals surface area contributed by atoms with E-state index in [1.807, 2.05) is 72.9 Å². The third-order valence-electron chi connectivity index (χ3n) is 5.08. The molecule has 0 aliphatic heterocycles. The summed E-state index contributed by atoms with van der Waals surface area (Å²) in [5.74, 6) is -0.264. The molecule has 4 rings (SSSR count). The number of carbonyl (C=O) groups is 1. The molecular weight excluding hydrogens is 398 g/mol. The Morgan fingerprint density at radius 1 is 1.00 bits per heavy atom. The summed E-state index contributed by atoms with van der Waals surface area (Å²) in [6.07, 6.45) is 6.96. The van der Waals surface area contributed by atoms with Gasteiger partial charge in [-0.25, -0.2) is 10.1 Å². The van der Waals surface area contributed by atoms with Crippen LogP contribution in [-0.2, 0) is 5.41 Å². The van der Waals surface area contributed by atoms with Crippen molar-refractivity contribution in [2.45, 2.75) is 26.2 Å². The van der Waals surface area contributed by atoms with Crippen molar-refractivity contribution in [2.24, 2.45) is 5.10 Å². The number of amides is 1. The molecule has 0 atom stereocenters. The van der Waals surface area contributed by atoms with Crippen LogP contribution in [0.3, 0.4) is 0 Å². The zero-order valence-electron chi connectivity index (χ0n) is 18.4. The Hall–Kier alpha value is -4.06. The fraction of sp³-hybridized carbons (Fsp3) is 0.154. The fourth-order valence-corrected chi connectivity index (χ4v) is 3.27. The lowest BCUT2D eigenvalue weighted by molar-refractivity contribution is 0.0955. The Labute approximate surface area is 187 Å². The number of nitrogens with zero attached hydrogens (tertiary/aromatic N) is 4. The van der Waals surface area contributed by atoms with Gasteiger partial charge in [0.15, 0.2) is 0 Å². The van der Waals surface area contributed by atoms with E-state index in [0.717, 1.165) is 22.5 Å². The van der Waals surface area contributed by atoms with Crippen molar-refractivity contribution in [1.29, 1.82) is 0 Å². The van der Waals surface area contributed by atoms with Crippen LogP contribution in [0.1, 0.15) is 42.3 Å². The van der Waals surface area contributed by atoms with Crippen molar-refractivity contribution in [3.8, 4) is 16.9 Å². The van der Waals surface area contributed by atoms with Gasteiger partial charge in [-0.15, -0.1) is 0 Å². The van der Waals surface area contributed by atoms with Crippen molar-refractivity contribution >= 4 is 12.1 Å². The first-order valence-electron chi connectivity index (χ1n) is 10.4. The van der Waals surface area contributed by atoms with E-state index in [1.54, 1.807) is 23.3 Å². The normalized spacial score (nSPS) is 11.6. The molecule has 1 N–H and O–H groups in total. The van der Waals surface area contributed by atoms with E-state index in [9.17, 15) is 4.79 Å². The van der Waals surface area contributed by atoms with Gasteiger partial charge in [-0.3, -0.25) is 9.78 Å². The topological polar surface area (TPSA) is 72.2 Å². The Morgan fingerprint density at radius 3 is 2.41 bits per heavy atom. The van der Waals surface area contributed by atoms with Gasteiger partial charge in [0.05, 0.1) is 11.9 Å². The number of hydrogen-bond acceptors (Lipinski definition) is 4. The van der Waals surface area contributed by atoms with Crippen LogP contribution in [0, 0.1) is 0 Å². The molecule has 1 amide bonds. The van der Waals surface area contributed by atoms with Gasteiger partial charge < -0.3 is 0 Å². The van der Waals surface area contributed by atoms with Crippen LogP contribution in [0.5, 0.6) is 0 Å². The number of hydrazone groups is 1. The van der Waals surface area contributed by atoms with Gasteiger partial charge in [-0.1, -0.05) is 51.1 Å². The molecule has 0 aliphatic rings. The largest absolute Gasteiger partial charge is 0.271 e. The van der Waals surface area contributed by atoms with Gasteiger partial charge >= 0.3 is 0 Å². The van der Waals surface area contributed by atoms with E-state index >= 15 is 0 Å². The molecule has 0 saturated heterocycles. The zero-order valence-corrected chi connectivity index (χ0v) is 18.4. The zero-order chi connectivity index (χ0) is 22.6. The first kappa shape index (κ1) is 21.2. The first-order chi connectivity index (χ1) is 15.4. The maximum absolute atomic E-state index is 12.5. The van der Waals surface area contributed by atoms with E-state index in [-0.39, 0.29) is 11.3 Å². The minimum absolute atomic E-state index is 0.0365. The number of benzene rings is 2. The summed E-state index contributed by atoms with van der Waals surface area (Å²) < 4.78 is 1.79. The van der Waals surface area contributed by atoms with E-state index in [2.05, 4.69) is 36.3 Å². The number of hydrogen-bond donors (Lipinski definition) is 1. The molecule has 6 heteroatoms. The van der Waals surface area contributed by atoms with Crippen LogP contribution in [0.15, 0.2) is 90.4 Å². The average Bonchev–Trinajstić information content (AvgIpc) is 3.24. The lowest BCUT2D eigenvalue weighted by atomic mass is 9.87. The highest BCUT2D eigenvalue weighted by Gasteiger charge is 2.14. The van der Waals surface area contributed by atoms with E-state index in [4.69, 9.17) is 5.10 Å². The summed E-state index contributed by atoms with van der Waals surface area (Å²) in [6.45, 7) is 6.42. The number of rotatable bonds is 5. The smallest absolute Gasteiger partial charge is 0.267 e. The lowest BCUT2D eigenvalue weighted by Crippen LogP contribution is -2.18. The number of nitrogens with one attached hydrogen (secondary N) is 1. The standard InChI is InChI=1S/C26H25N5O/c1-26(2,3)22-13-11-19(12-14-22)25(32)29-28-17-21-18-31(23-9-5-4-6-10-23)30-24(21)20-8-7-15-27-16-20/h4-18H,1-3H3,(H,29,32)/b28-17-. The van der Waals surface area contributed by atoms with Crippen molar-refractivity contribution in [1.82, 2.24) is 20.2 Å². The molecule has 0 bridgehead atoms. The summed E-state index contributed by atoms with van der Waals surface area (Å²) in [6, 6.07) is 21.2. The first-order valence-corrected chi connectivity index (χ1v) is 10.4. The SMILES string of the molecule is CC(C)(C)c1ccc(C(=O)N/N=C\c2cn(-c3ccccc3)nc2-c2cccnc2)cc1. The minimum Gasteiger partial charge on any atom is -0.267 e. The molecule has 0 radical (unpaired) electrons. The molecule has 2 aromatic carbocycles. The van der Waals surface area contributed by atoms with E-state index in [0.29, 0.717) is 5.56 Å². The van der Waals surface area contributed by atoms with Crippen molar-refractivity contribution < 1.29 is 4.79 Å². The molecule has 160 valence electrons. The van der Waals surface area contributed by atoms with Gasteiger partial charge in [-0.2, -0.15) is 10.2 Å². The molecule has 4 aromatic rings. The third kappa shape index (κ3) is 4.81. The maximum Gasteiger partial charge on any atom is 0.271 e. The third-order valence-corrected chi connectivity index (χ3v) is 5.08. The Kier molecular flexibility index (Phi) is 5.94. The fourth-order valence-electron chi connectivity index (χ4n) is 3.27. The predicted molar refractivity (Wildman–Crippen MR) is 127 cm³/mol. The summed E-state index contributed by atoms with van der Waals surface area (Å²) in [5.41, 5.74) is 7.68. The number of aromatic nitrogens is 3. The highest BCUT2D eigenvalue weighted by molar-refractivity contribution is 5.95. The Morgan fingerprint density at radius 2 is 1.75 bits per heavy atom. The molecule has 0 spiro atoms. The molecule has 0 unspecified atom stereocenters. The molecule has 6 nitrogen and oxygen atoms in total. The second-order valence-corrected chi connectivity index (χ2v) is 8.48. The van der Waals surface area contributed by atoms with Gasteiger partial charge in [0, 0.05) is 35.3 Å². The molecular formula is C26H25N5O. The highest BCUT2D eigenvalue weighted by Crippen LogP contribution is 2.23. The Balaban J connectivity index is 1.56. The number of pyridine rings is 1. The minimum atomic E-state index is -0.264. The monoisotopic (exact) mass is 423 g/mol. The number of para-hydroxylation sites is 1. The molecule has 2 aromatic heterocycles. The quantitative estimate of drug-likeness (QED) is 0.363. The van der Waals surface area contributed by atoms with E-state index < -0.39 is 0 Å². The van der Waals surface area contributed by atoms with Crippen LogP contribution in [0.25, 0.3) is 16.9 Å². The van der Waals surface area contributed by atoms with Crippen molar-refractivity contribution in [2.75, 3.05) is 0 Å². The van der Waals surface area contributed by atoms with Gasteiger partial charge in [-0.05, 0) is 47.4 Å². The number of carbonyl (C=O) groups excluding carboxylic acids is 1. The molecule has 32 heavy (non-hydrogen) atoms. The second kappa shape index (κ2) is 8.98. The van der Waals surface area contributed by atoms with Crippen LogP contribution >= 0.6 is 0 Å².